The molecule has 0 spiro atoms. The Hall–Kier alpha value is 0.0600. The van der Waals surface area contributed by atoms with Crippen LogP contribution in [0.5, 0.6) is 0 Å². The van der Waals surface area contributed by atoms with Crippen molar-refractivity contribution in [3.63, 3.8) is 0 Å². The van der Waals surface area contributed by atoms with Crippen LogP contribution in [-0.4, -0.2) is 11.4 Å². The van der Waals surface area contributed by atoms with Crippen molar-refractivity contribution in [1.29, 1.82) is 0 Å². The molecule has 0 aromatic carbocycles. The summed E-state index contributed by atoms with van der Waals surface area (Å²) in [6, 6.07) is 0. The molecule has 7 heavy (non-hydrogen) atoms. The minimum Gasteiger partial charge on any atom is -0.281 e. The molecular formula is C3H4ClO2P. The van der Waals surface area contributed by atoms with Gasteiger partial charge in [-0.15, -0.1) is 0 Å². The van der Waals surface area contributed by atoms with Crippen molar-refractivity contribution in [2.45, 2.75) is 6.42 Å². The second-order valence-electron chi connectivity index (χ2n) is 0.958. The monoisotopic (exact) mass is 138 g/mol. The fourth-order valence-electron chi connectivity index (χ4n) is 0.134. The maximum atomic E-state index is 9.82. The van der Waals surface area contributed by atoms with Crippen LogP contribution < -0.4 is 0 Å². The summed E-state index contributed by atoms with van der Waals surface area (Å²) in [5.41, 5.74) is 0. The molecule has 0 saturated carbocycles. The van der Waals surface area contributed by atoms with Crippen LogP contribution in [0.1, 0.15) is 6.42 Å². The van der Waals surface area contributed by atoms with Gasteiger partial charge >= 0.3 is 0 Å². The SMILES string of the molecule is O=PCCC(=O)Cl. The highest BCUT2D eigenvalue weighted by molar-refractivity contribution is 7.23. The predicted octanol–water partition coefficient (Wildman–Crippen LogP) is 1.43. The Morgan fingerprint density at radius 3 is 2.43 bits per heavy atom. The number of rotatable bonds is 3. The van der Waals surface area contributed by atoms with Crippen LogP contribution in [0, 0.1) is 0 Å². The van der Waals surface area contributed by atoms with Crippen LogP contribution >= 0.6 is 20.1 Å². The van der Waals surface area contributed by atoms with Gasteiger partial charge in [0.2, 0.25) is 5.24 Å². The molecule has 0 aromatic heterocycles. The van der Waals surface area contributed by atoms with Gasteiger partial charge in [0.15, 0.2) is 8.46 Å². The van der Waals surface area contributed by atoms with Crippen LogP contribution in [0.2, 0.25) is 0 Å². The number of carbonyl (C=O) groups is 1. The maximum absolute atomic E-state index is 9.82. The van der Waals surface area contributed by atoms with Gasteiger partial charge < -0.3 is 0 Å². The van der Waals surface area contributed by atoms with E-state index in [4.69, 9.17) is 11.6 Å². The first kappa shape index (κ1) is 7.06. The molecule has 0 atom stereocenters. The van der Waals surface area contributed by atoms with Crippen molar-refractivity contribution in [3.05, 3.63) is 0 Å². The van der Waals surface area contributed by atoms with E-state index in [1.807, 2.05) is 0 Å². The summed E-state index contributed by atoms with van der Waals surface area (Å²) in [7, 11) is -0.0150. The first-order valence-corrected chi connectivity index (χ1v) is 3.12. The Bertz CT molecular complexity index is 83.0. The smallest absolute Gasteiger partial charge is 0.222 e. The van der Waals surface area contributed by atoms with Gasteiger partial charge in [0.1, 0.15) is 0 Å². The van der Waals surface area contributed by atoms with Crippen molar-refractivity contribution in [2.24, 2.45) is 0 Å². The van der Waals surface area contributed by atoms with Gasteiger partial charge in [-0.05, 0) is 11.6 Å². The van der Waals surface area contributed by atoms with Crippen LogP contribution in [-0.2, 0) is 9.36 Å². The Morgan fingerprint density at radius 1 is 1.71 bits per heavy atom. The Kier molecular flexibility index (Phi) is 4.26. The van der Waals surface area contributed by atoms with Gasteiger partial charge in [0, 0.05) is 12.6 Å². The average molecular weight is 138 g/mol. The molecule has 4 heteroatoms. The van der Waals surface area contributed by atoms with Crippen molar-refractivity contribution in [3.8, 4) is 0 Å². The molecule has 0 unspecified atom stereocenters. The highest BCUT2D eigenvalue weighted by Gasteiger charge is 1.91. The molecular weight excluding hydrogens is 134 g/mol. The third kappa shape index (κ3) is 6.06. The summed E-state index contributed by atoms with van der Waals surface area (Å²) < 4.78 is 9.60. The molecule has 0 aliphatic rings. The molecule has 2 nitrogen and oxygen atoms in total. The normalized spacial score (nSPS) is 9.29. The zero-order chi connectivity index (χ0) is 5.70. The summed E-state index contributed by atoms with van der Waals surface area (Å²) in [5, 5.41) is -0.427. The quantitative estimate of drug-likeness (QED) is 0.437. The molecule has 0 saturated heterocycles. The van der Waals surface area contributed by atoms with E-state index < -0.39 is 5.24 Å². The lowest BCUT2D eigenvalue weighted by Gasteiger charge is -1.76. The Balaban J connectivity index is 2.97. The van der Waals surface area contributed by atoms with E-state index in [1.54, 1.807) is 0 Å². The zero-order valence-electron chi connectivity index (χ0n) is 3.56. The second-order valence-corrected chi connectivity index (χ2v) is 2.08. The summed E-state index contributed by atoms with van der Waals surface area (Å²) in [6.45, 7) is 0. The zero-order valence-corrected chi connectivity index (χ0v) is 5.21. The number of hydrogen-bond acceptors (Lipinski definition) is 2. The highest BCUT2D eigenvalue weighted by atomic mass is 35.5. The van der Waals surface area contributed by atoms with Crippen molar-refractivity contribution in [2.75, 3.05) is 6.16 Å². The van der Waals surface area contributed by atoms with Crippen LogP contribution in [0.3, 0.4) is 0 Å². The summed E-state index contributed by atoms with van der Waals surface area (Å²) in [6.07, 6.45) is 0.537. The number of carbonyl (C=O) groups excluding carboxylic acids is 1. The lowest BCUT2D eigenvalue weighted by molar-refractivity contribution is -0.111. The standard InChI is InChI=1S/C3H4ClO2P/c4-3(5)1-2-7-6/h1-2H2. The fraction of sp³-hybridized carbons (Fsp3) is 0.667. The third-order valence-electron chi connectivity index (χ3n) is 0.400. The molecule has 0 radical (unpaired) electrons. The molecule has 0 amide bonds. The van der Waals surface area contributed by atoms with Gasteiger partial charge in [-0.3, -0.25) is 9.36 Å². The van der Waals surface area contributed by atoms with E-state index in [2.05, 4.69) is 0 Å². The van der Waals surface area contributed by atoms with Gasteiger partial charge in [-0.1, -0.05) is 0 Å². The first-order valence-electron chi connectivity index (χ1n) is 1.75. The molecule has 0 aliphatic carbocycles. The molecule has 40 valence electrons. The van der Waals surface area contributed by atoms with Gasteiger partial charge in [-0.2, -0.15) is 0 Å². The highest BCUT2D eigenvalue weighted by Crippen LogP contribution is 1.97. The molecule has 0 aliphatic heterocycles. The third-order valence-corrected chi connectivity index (χ3v) is 0.995. The van der Waals surface area contributed by atoms with Crippen LogP contribution in [0.25, 0.3) is 0 Å². The molecule has 0 rings (SSSR count). The topological polar surface area (TPSA) is 34.1 Å². The second kappa shape index (κ2) is 4.23. The maximum Gasteiger partial charge on any atom is 0.222 e. The molecule has 0 fully saturated rings. The van der Waals surface area contributed by atoms with E-state index in [0.717, 1.165) is 0 Å². The lowest BCUT2D eigenvalue weighted by atomic mass is 10.6. The minimum absolute atomic E-state index is 0.0150. The lowest BCUT2D eigenvalue weighted by Crippen LogP contribution is -1.83. The Labute approximate surface area is 48.1 Å². The summed E-state index contributed by atoms with van der Waals surface area (Å²) in [5.74, 6) is 0. The molecule has 0 aromatic rings. The Morgan fingerprint density at radius 2 is 2.29 bits per heavy atom. The van der Waals surface area contributed by atoms with Crippen molar-refractivity contribution in [1.82, 2.24) is 0 Å². The van der Waals surface area contributed by atoms with Gasteiger partial charge in [0.25, 0.3) is 0 Å². The van der Waals surface area contributed by atoms with E-state index in [-0.39, 0.29) is 14.9 Å². The number of hydrogen-bond donors (Lipinski definition) is 0. The van der Waals surface area contributed by atoms with Crippen molar-refractivity contribution < 1.29 is 9.36 Å². The summed E-state index contributed by atoms with van der Waals surface area (Å²) >= 11 is 4.87. The molecule has 0 bridgehead atoms. The van der Waals surface area contributed by atoms with Gasteiger partial charge in [-0.25, -0.2) is 0 Å². The fourth-order valence-corrected chi connectivity index (χ4v) is 0.654. The summed E-state index contributed by atoms with van der Waals surface area (Å²) in [4.78, 5) is 9.82. The first-order chi connectivity index (χ1) is 3.27. The van der Waals surface area contributed by atoms with Crippen LogP contribution in [0.15, 0.2) is 0 Å². The number of halogens is 1. The largest absolute Gasteiger partial charge is 0.281 e. The average Bonchev–Trinajstić information content (AvgIpc) is 1.61. The van der Waals surface area contributed by atoms with Crippen molar-refractivity contribution >= 4 is 25.3 Å². The van der Waals surface area contributed by atoms with E-state index in [9.17, 15) is 9.36 Å². The molecule has 0 N–H and O–H groups in total. The van der Waals surface area contributed by atoms with Gasteiger partial charge in [0.05, 0.1) is 0 Å². The molecule has 0 heterocycles. The van der Waals surface area contributed by atoms with E-state index >= 15 is 0 Å². The van der Waals surface area contributed by atoms with E-state index in [1.165, 1.54) is 0 Å². The van der Waals surface area contributed by atoms with E-state index in [0.29, 0.717) is 6.16 Å². The minimum atomic E-state index is -0.427. The van der Waals surface area contributed by atoms with Crippen LogP contribution in [0.4, 0.5) is 0 Å². The predicted molar refractivity (Wildman–Crippen MR) is 28.0 cm³/mol.